The number of benzene rings is 2. The number of hydrogen-bond donors (Lipinski definition) is 0. The average Bonchev–Trinajstić information content (AvgIpc) is 3.73. The largest absolute Gasteiger partial charge is 0.494 e. The van der Waals surface area contributed by atoms with Crippen molar-refractivity contribution in [2.24, 2.45) is 23.7 Å². The van der Waals surface area contributed by atoms with Gasteiger partial charge in [-0.05, 0) is 125 Å². The summed E-state index contributed by atoms with van der Waals surface area (Å²) in [5.74, 6) is -0.520. The average molecular weight is 857 g/mol. The smallest absolute Gasteiger partial charge is 0.343 e. The number of carbonyl (C=O) groups excluding carboxylic acids is 5. The van der Waals surface area contributed by atoms with Crippen LogP contribution in [-0.4, -0.2) is 56.3 Å². The van der Waals surface area contributed by atoms with Crippen molar-refractivity contribution in [3.63, 3.8) is 0 Å². The summed E-state index contributed by atoms with van der Waals surface area (Å²) in [7, 11) is 0. The molecule has 2 aliphatic carbocycles. The van der Waals surface area contributed by atoms with Crippen LogP contribution in [0.1, 0.15) is 87.4 Å². The van der Waals surface area contributed by atoms with Crippen molar-refractivity contribution in [2.75, 3.05) is 26.4 Å². The molecule has 3 aliphatic rings. The van der Waals surface area contributed by atoms with Crippen LogP contribution in [-0.2, 0) is 33.4 Å². The Balaban J connectivity index is 1.10. The van der Waals surface area contributed by atoms with E-state index in [1.807, 2.05) is 12.1 Å². The van der Waals surface area contributed by atoms with Gasteiger partial charge in [0.1, 0.15) is 35.0 Å². The number of rotatable bonds is 19. The monoisotopic (exact) mass is 856 g/mol. The van der Waals surface area contributed by atoms with Crippen molar-refractivity contribution in [3.05, 3.63) is 77.1 Å². The maximum atomic E-state index is 13.6. The normalized spacial score (nSPS) is 19.3. The molecule has 316 valence electrons. The minimum absolute atomic E-state index is 0.103. The molecular weight excluding hydrogens is 809 g/mol. The molecule has 5 rings (SSSR count). The fraction of sp³-hybridized carbons (Fsp3) is 0.444. The number of fused-ring (bicyclic) bond motifs is 1. The number of esters is 5. The van der Waals surface area contributed by atoms with Crippen LogP contribution in [0.15, 0.2) is 81.3 Å². The number of unbranched alkanes of at least 4 members (excludes halogenated alkanes) is 2. The first kappa shape index (κ1) is 45.6. The third-order valence-corrected chi connectivity index (χ3v) is 13.3. The van der Waals surface area contributed by atoms with Gasteiger partial charge in [0.05, 0.1) is 57.9 Å². The summed E-state index contributed by atoms with van der Waals surface area (Å²) in [5, 5.41) is 19.2. The van der Waals surface area contributed by atoms with Crippen molar-refractivity contribution in [3.8, 4) is 29.4 Å². The summed E-state index contributed by atoms with van der Waals surface area (Å²) in [6.45, 7) is 7.94. The van der Waals surface area contributed by atoms with E-state index in [-0.39, 0.29) is 59.6 Å². The van der Waals surface area contributed by atoms with Crippen LogP contribution in [0.4, 0.5) is 0 Å². The Bertz CT molecular complexity index is 2000. The van der Waals surface area contributed by atoms with E-state index in [2.05, 4.69) is 13.2 Å². The van der Waals surface area contributed by atoms with E-state index in [0.29, 0.717) is 83.4 Å². The van der Waals surface area contributed by atoms with E-state index >= 15 is 0 Å². The van der Waals surface area contributed by atoms with Crippen molar-refractivity contribution in [1.82, 2.24) is 0 Å². The molecule has 2 fully saturated rings. The van der Waals surface area contributed by atoms with Crippen LogP contribution in [0.3, 0.4) is 0 Å². The Labute approximate surface area is 358 Å². The highest BCUT2D eigenvalue weighted by molar-refractivity contribution is 8.24. The second-order valence-electron chi connectivity index (χ2n) is 14.5. The van der Waals surface area contributed by atoms with Crippen LogP contribution in [0.25, 0.3) is 0 Å². The lowest BCUT2D eigenvalue weighted by Gasteiger charge is -2.36. The molecule has 0 atom stereocenters. The summed E-state index contributed by atoms with van der Waals surface area (Å²) in [6.07, 6.45) is 11.3. The third-order valence-electron chi connectivity index (χ3n) is 10.6. The van der Waals surface area contributed by atoms with Gasteiger partial charge in [0, 0.05) is 12.2 Å². The number of carbonyl (C=O) groups is 5. The summed E-state index contributed by atoms with van der Waals surface area (Å²) < 4.78 is 33.3. The van der Waals surface area contributed by atoms with Gasteiger partial charge in [-0.25, -0.2) is 14.4 Å². The lowest BCUT2D eigenvalue weighted by molar-refractivity contribution is -0.151. The molecule has 0 bridgehead atoms. The topological polar surface area (TPSA) is 188 Å². The second-order valence-corrected chi connectivity index (χ2v) is 16.8. The molecule has 0 N–H and O–H groups in total. The Morgan fingerprint density at radius 2 is 1.08 bits per heavy atom. The SMILES string of the molecule is C=CC(=O)OCCCCOC(=O)C1CCC(C2CCC(C(=O)Oc3ccc(OC(=O)c4ccc(OCCCCOC(=O)C=C)cc4)c4c3SC(=C(C#N)C#N)S4)CC2)CC1. The van der Waals surface area contributed by atoms with Crippen molar-refractivity contribution in [1.29, 1.82) is 10.5 Å². The highest BCUT2D eigenvalue weighted by Crippen LogP contribution is 2.59. The Hall–Kier alpha value is -5.51. The van der Waals surface area contributed by atoms with Crippen molar-refractivity contribution in [2.45, 2.75) is 86.8 Å². The fourth-order valence-electron chi connectivity index (χ4n) is 7.35. The quantitative estimate of drug-likeness (QED) is 0.0325. The highest BCUT2D eigenvalue weighted by atomic mass is 32.2. The van der Waals surface area contributed by atoms with E-state index < -0.39 is 17.9 Å². The number of nitrogens with zero attached hydrogens (tertiary/aromatic N) is 2. The van der Waals surface area contributed by atoms with Gasteiger partial charge in [0.25, 0.3) is 0 Å². The number of thioether (sulfide) groups is 2. The van der Waals surface area contributed by atoms with Crippen molar-refractivity contribution >= 4 is 53.4 Å². The van der Waals surface area contributed by atoms with Gasteiger partial charge in [-0.3, -0.25) is 9.59 Å². The third kappa shape index (κ3) is 13.0. The van der Waals surface area contributed by atoms with E-state index in [9.17, 15) is 34.5 Å². The van der Waals surface area contributed by atoms with E-state index in [4.69, 9.17) is 28.4 Å². The minimum atomic E-state index is -0.635. The predicted octanol–water partition coefficient (Wildman–Crippen LogP) is 8.82. The standard InChI is InChI=1S/C45H48N2O11S2/c1-3-38(48)54-24-6-5-23-53-35-19-17-33(18-20-35)44(52)58-37-22-21-36(40-41(37)60-45(59-40)34(27-46)28-47)57-43(51)32-15-11-30(12-16-32)29-9-13-31(14-10-29)42(50)56-26-8-7-25-55-39(49)4-2/h3-4,17-22,29-32H,1-2,5-16,23-26H2. The first-order chi connectivity index (χ1) is 29.1. The Morgan fingerprint density at radius 1 is 0.617 bits per heavy atom. The summed E-state index contributed by atoms with van der Waals surface area (Å²) in [6, 6.07) is 13.4. The van der Waals surface area contributed by atoms with Gasteiger partial charge >= 0.3 is 29.8 Å². The molecule has 1 aliphatic heterocycles. The predicted molar refractivity (Wildman–Crippen MR) is 222 cm³/mol. The number of nitriles is 2. The molecule has 0 spiro atoms. The van der Waals surface area contributed by atoms with Gasteiger partial charge in [-0.1, -0.05) is 36.7 Å². The number of hydrogen-bond acceptors (Lipinski definition) is 15. The van der Waals surface area contributed by atoms with Crippen LogP contribution < -0.4 is 14.2 Å². The van der Waals surface area contributed by atoms with Gasteiger partial charge in [0.2, 0.25) is 0 Å². The zero-order valence-electron chi connectivity index (χ0n) is 33.4. The second kappa shape index (κ2) is 23.3. The first-order valence-corrected chi connectivity index (χ1v) is 21.8. The van der Waals surface area contributed by atoms with E-state index in [1.54, 1.807) is 36.4 Å². The molecule has 0 radical (unpaired) electrons. The zero-order valence-corrected chi connectivity index (χ0v) is 35.0. The molecule has 2 aromatic carbocycles. The Kier molecular flexibility index (Phi) is 17.7. The lowest BCUT2D eigenvalue weighted by atomic mass is 9.69. The molecular formula is C45H48N2O11S2. The minimum Gasteiger partial charge on any atom is -0.494 e. The van der Waals surface area contributed by atoms with Crippen LogP contribution >= 0.6 is 23.5 Å². The molecule has 60 heavy (non-hydrogen) atoms. The molecule has 0 aromatic heterocycles. The fourth-order valence-corrected chi connectivity index (χ4v) is 9.83. The summed E-state index contributed by atoms with van der Waals surface area (Å²) >= 11 is 2.23. The molecule has 13 nitrogen and oxygen atoms in total. The van der Waals surface area contributed by atoms with E-state index in [0.717, 1.165) is 74.2 Å². The van der Waals surface area contributed by atoms with E-state index in [1.165, 1.54) is 0 Å². The Morgan fingerprint density at radius 3 is 1.58 bits per heavy atom. The van der Waals surface area contributed by atoms with Gasteiger partial charge in [-0.15, -0.1) is 0 Å². The molecule has 0 unspecified atom stereocenters. The lowest BCUT2D eigenvalue weighted by Crippen LogP contribution is -2.31. The number of ether oxygens (including phenoxy) is 6. The van der Waals surface area contributed by atoms with Crippen LogP contribution in [0.5, 0.6) is 17.2 Å². The molecule has 2 saturated carbocycles. The molecule has 1 heterocycles. The van der Waals surface area contributed by atoms with Crippen LogP contribution in [0, 0.1) is 46.3 Å². The van der Waals surface area contributed by atoms with Crippen molar-refractivity contribution < 1.29 is 52.4 Å². The number of allylic oxidation sites excluding steroid dienone is 1. The van der Waals surface area contributed by atoms with Gasteiger partial charge in [-0.2, -0.15) is 10.5 Å². The molecule has 0 amide bonds. The van der Waals surface area contributed by atoms with Gasteiger partial charge in [0.15, 0.2) is 0 Å². The van der Waals surface area contributed by atoms with Crippen LogP contribution in [0.2, 0.25) is 0 Å². The summed E-state index contributed by atoms with van der Waals surface area (Å²) in [4.78, 5) is 62.7. The zero-order chi connectivity index (χ0) is 42.9. The molecule has 0 saturated heterocycles. The molecule has 2 aromatic rings. The molecule has 15 heteroatoms. The maximum absolute atomic E-state index is 13.6. The maximum Gasteiger partial charge on any atom is 0.343 e. The van der Waals surface area contributed by atoms with Gasteiger partial charge < -0.3 is 28.4 Å². The summed E-state index contributed by atoms with van der Waals surface area (Å²) in [5.41, 5.74) is 0.165. The first-order valence-electron chi connectivity index (χ1n) is 20.1. The highest BCUT2D eigenvalue weighted by Gasteiger charge is 2.37.